The number of aliphatic hydroxyl groups is 1. The van der Waals surface area contributed by atoms with Gasteiger partial charge in [-0.15, -0.1) is 0 Å². The molecule has 4 aromatic rings. The van der Waals surface area contributed by atoms with Gasteiger partial charge in [0, 0.05) is 37.8 Å². The maximum Gasteiger partial charge on any atom is 0.217 e. The van der Waals surface area contributed by atoms with Crippen molar-refractivity contribution in [3.8, 4) is 11.3 Å². The second-order valence-electron chi connectivity index (χ2n) is 11.4. The van der Waals surface area contributed by atoms with Crippen LogP contribution >= 0.6 is 0 Å². The number of nitrogens with one attached hydrogen (secondary N) is 1. The minimum Gasteiger partial charge on any atom is -0.386 e. The van der Waals surface area contributed by atoms with Gasteiger partial charge < -0.3 is 16.2 Å². The Labute approximate surface area is 231 Å². The molecule has 0 bridgehead atoms. The molecule has 40 heavy (non-hydrogen) atoms. The number of rotatable bonds is 6. The Hall–Kier alpha value is -3.76. The third kappa shape index (κ3) is 5.46. The molecule has 3 aromatic heterocycles. The number of nitrogens with two attached hydrogens (primary N) is 1. The zero-order valence-corrected chi connectivity index (χ0v) is 23.0. The number of amides is 1. The molecule has 5 rings (SSSR count). The summed E-state index contributed by atoms with van der Waals surface area (Å²) >= 11 is 0. The van der Waals surface area contributed by atoms with Crippen molar-refractivity contribution in [1.82, 2.24) is 24.9 Å². The number of hydrogen-bond acceptors (Lipinski definition) is 6. The smallest absolute Gasteiger partial charge is 0.217 e. The Morgan fingerprint density at radius 1 is 1.18 bits per heavy atom. The third-order valence-corrected chi connectivity index (χ3v) is 7.85. The van der Waals surface area contributed by atoms with Crippen molar-refractivity contribution < 1.29 is 18.7 Å². The zero-order valence-electron chi connectivity index (χ0n) is 23.0. The molecule has 0 aliphatic heterocycles. The lowest BCUT2D eigenvalue weighted by Crippen LogP contribution is -2.54. The molecule has 0 unspecified atom stereocenters. The van der Waals surface area contributed by atoms with E-state index >= 15 is 8.78 Å². The standard InChI is InChI=1S/C30H34F2N6O2/c1-16-9-18(10-25(33)29(16)36-17(2)39)22-7-8-34-14-19(22)11-27-35-15-21-5-6-26(37-38(21)27)28-23(31)12-20(13-24(28)32)30(3,4)40/h5-8,12-16,18,25,29,40H,9-11,33H2,1-4H3,(H,36,39)/t16-,18+,25+,29-/m0/s1. The van der Waals surface area contributed by atoms with Gasteiger partial charge in [-0.3, -0.25) is 9.78 Å². The van der Waals surface area contributed by atoms with Crippen LogP contribution < -0.4 is 11.1 Å². The first kappa shape index (κ1) is 27.8. The summed E-state index contributed by atoms with van der Waals surface area (Å²) in [5, 5.41) is 17.7. The van der Waals surface area contributed by atoms with Crippen LogP contribution in [0.5, 0.6) is 0 Å². The normalized spacial score (nSPS) is 21.5. The molecule has 4 N–H and O–H groups in total. The van der Waals surface area contributed by atoms with E-state index in [-0.39, 0.29) is 46.6 Å². The molecule has 1 aromatic carbocycles. The first-order valence-corrected chi connectivity index (χ1v) is 13.4. The SMILES string of the molecule is CC(=O)N[C@@H]1[C@H](N)C[C@H](c2ccncc2Cc2ncc3ccc(-c4c(F)cc(C(C)(C)O)cc4F)nn23)C[C@@H]1C. The average molecular weight is 549 g/mol. The predicted molar refractivity (Wildman–Crippen MR) is 147 cm³/mol. The maximum absolute atomic E-state index is 15.1. The van der Waals surface area contributed by atoms with E-state index in [2.05, 4.69) is 27.3 Å². The minimum absolute atomic E-state index is 0.0730. The molecule has 8 nitrogen and oxygen atoms in total. The van der Waals surface area contributed by atoms with E-state index in [0.29, 0.717) is 17.8 Å². The summed E-state index contributed by atoms with van der Waals surface area (Å²) in [7, 11) is 0. The van der Waals surface area contributed by atoms with Crippen molar-refractivity contribution in [2.45, 2.75) is 70.6 Å². The number of carbonyl (C=O) groups is 1. The van der Waals surface area contributed by atoms with E-state index in [0.717, 1.165) is 36.1 Å². The van der Waals surface area contributed by atoms with E-state index in [1.54, 1.807) is 29.0 Å². The minimum atomic E-state index is -1.39. The summed E-state index contributed by atoms with van der Waals surface area (Å²) in [5.74, 6) is -0.713. The van der Waals surface area contributed by atoms with Gasteiger partial charge in [-0.1, -0.05) is 6.92 Å². The Bertz CT molecular complexity index is 1530. The van der Waals surface area contributed by atoms with Crippen molar-refractivity contribution in [2.24, 2.45) is 11.7 Å². The number of fused-ring (bicyclic) bond motifs is 1. The lowest BCUT2D eigenvalue weighted by atomic mass is 9.72. The molecule has 210 valence electrons. The average Bonchev–Trinajstić information content (AvgIpc) is 3.27. The molecule has 1 fully saturated rings. The van der Waals surface area contributed by atoms with Crippen LogP contribution in [0.2, 0.25) is 0 Å². The van der Waals surface area contributed by atoms with E-state index in [1.165, 1.54) is 20.8 Å². The maximum atomic E-state index is 15.1. The van der Waals surface area contributed by atoms with E-state index in [4.69, 9.17) is 5.73 Å². The number of aromatic nitrogens is 4. The fraction of sp³-hybridized carbons (Fsp3) is 0.400. The van der Waals surface area contributed by atoms with Crippen LogP contribution in [-0.2, 0) is 16.8 Å². The summed E-state index contributed by atoms with van der Waals surface area (Å²) in [6.45, 7) is 6.55. The van der Waals surface area contributed by atoms with Crippen molar-refractivity contribution in [3.63, 3.8) is 0 Å². The van der Waals surface area contributed by atoms with Crippen molar-refractivity contribution in [1.29, 1.82) is 0 Å². The summed E-state index contributed by atoms with van der Waals surface area (Å²) < 4.78 is 31.7. The summed E-state index contributed by atoms with van der Waals surface area (Å²) in [4.78, 5) is 20.6. The van der Waals surface area contributed by atoms with Gasteiger partial charge in [0.25, 0.3) is 0 Å². The highest BCUT2D eigenvalue weighted by Crippen LogP contribution is 2.38. The summed E-state index contributed by atoms with van der Waals surface area (Å²) in [5.41, 5.74) is 7.87. The highest BCUT2D eigenvalue weighted by molar-refractivity contribution is 5.73. The number of hydrogen-bond donors (Lipinski definition) is 3. The van der Waals surface area contributed by atoms with Crippen LogP contribution in [0, 0.1) is 17.6 Å². The number of imidazole rings is 1. The van der Waals surface area contributed by atoms with Crippen molar-refractivity contribution in [2.75, 3.05) is 0 Å². The van der Waals surface area contributed by atoms with Gasteiger partial charge in [-0.25, -0.2) is 18.3 Å². The van der Waals surface area contributed by atoms with Gasteiger partial charge in [-0.2, -0.15) is 5.10 Å². The topological polar surface area (TPSA) is 118 Å². The molecule has 3 heterocycles. The van der Waals surface area contributed by atoms with Crippen LogP contribution in [0.15, 0.2) is 48.9 Å². The van der Waals surface area contributed by atoms with Crippen LogP contribution in [0.3, 0.4) is 0 Å². The third-order valence-electron chi connectivity index (χ3n) is 7.85. The molecule has 1 amide bonds. The number of carbonyl (C=O) groups excluding carboxylic acids is 1. The molecule has 1 aliphatic carbocycles. The summed E-state index contributed by atoms with van der Waals surface area (Å²) in [6.07, 6.45) is 7.23. The molecule has 0 saturated heterocycles. The van der Waals surface area contributed by atoms with E-state index in [1.807, 2.05) is 12.3 Å². The molecule has 4 atom stereocenters. The lowest BCUT2D eigenvalue weighted by Gasteiger charge is -2.39. The zero-order chi connectivity index (χ0) is 28.8. The number of halogens is 2. The molecule has 1 aliphatic rings. The lowest BCUT2D eigenvalue weighted by molar-refractivity contribution is -0.120. The largest absolute Gasteiger partial charge is 0.386 e. The van der Waals surface area contributed by atoms with Gasteiger partial charge in [0.05, 0.1) is 28.6 Å². The molecular weight excluding hydrogens is 514 g/mol. The Morgan fingerprint density at radius 3 is 2.55 bits per heavy atom. The Balaban J connectivity index is 1.46. The quantitative estimate of drug-likeness (QED) is 0.332. The Morgan fingerprint density at radius 2 is 1.90 bits per heavy atom. The molecule has 0 spiro atoms. The fourth-order valence-electron chi connectivity index (χ4n) is 5.84. The highest BCUT2D eigenvalue weighted by Gasteiger charge is 2.35. The monoisotopic (exact) mass is 548 g/mol. The molecule has 0 radical (unpaired) electrons. The van der Waals surface area contributed by atoms with E-state index < -0.39 is 17.2 Å². The van der Waals surface area contributed by atoms with Gasteiger partial charge in [0.2, 0.25) is 5.91 Å². The first-order chi connectivity index (χ1) is 18.9. The molecular formula is C30H34F2N6O2. The predicted octanol–water partition coefficient (Wildman–Crippen LogP) is 4.23. The second-order valence-corrected chi connectivity index (χ2v) is 11.4. The Kier molecular flexibility index (Phi) is 7.41. The van der Waals surface area contributed by atoms with Gasteiger partial charge in [-0.05, 0) is 85.5 Å². The van der Waals surface area contributed by atoms with Gasteiger partial charge >= 0.3 is 0 Å². The van der Waals surface area contributed by atoms with Crippen LogP contribution in [0.4, 0.5) is 8.78 Å². The van der Waals surface area contributed by atoms with E-state index in [9.17, 15) is 9.90 Å². The second kappa shape index (κ2) is 10.7. The molecule has 10 heteroatoms. The number of nitrogens with zero attached hydrogens (tertiary/aromatic N) is 4. The van der Waals surface area contributed by atoms with Gasteiger partial charge in [0.15, 0.2) is 0 Å². The number of pyridine rings is 1. The van der Waals surface area contributed by atoms with Crippen LogP contribution in [-0.4, -0.2) is 42.7 Å². The number of benzene rings is 1. The van der Waals surface area contributed by atoms with Crippen molar-refractivity contribution >= 4 is 11.4 Å². The molecule has 1 saturated carbocycles. The highest BCUT2D eigenvalue weighted by atomic mass is 19.1. The summed E-state index contributed by atoms with van der Waals surface area (Å²) in [6, 6.07) is 7.29. The van der Waals surface area contributed by atoms with Crippen LogP contribution in [0.1, 0.15) is 69.0 Å². The van der Waals surface area contributed by atoms with Gasteiger partial charge in [0.1, 0.15) is 17.5 Å². The van der Waals surface area contributed by atoms with Crippen LogP contribution in [0.25, 0.3) is 16.8 Å². The first-order valence-electron chi connectivity index (χ1n) is 13.4. The van der Waals surface area contributed by atoms with Crippen molar-refractivity contribution in [3.05, 3.63) is 83.1 Å². The fourth-order valence-corrected chi connectivity index (χ4v) is 5.84.